The SMILES string of the molecule is CCOc1ccc(N2C(=O)/C(=C\c3ccc(O)c(OC)c3)c3ccccc3C2=O)cc1. The quantitative estimate of drug-likeness (QED) is 0.490. The summed E-state index contributed by atoms with van der Waals surface area (Å²) in [5, 5.41) is 9.86. The van der Waals surface area contributed by atoms with Crippen LogP contribution in [0.1, 0.15) is 28.4 Å². The van der Waals surface area contributed by atoms with E-state index >= 15 is 0 Å². The summed E-state index contributed by atoms with van der Waals surface area (Å²) in [7, 11) is 1.46. The van der Waals surface area contributed by atoms with E-state index in [4.69, 9.17) is 9.47 Å². The van der Waals surface area contributed by atoms with E-state index in [1.165, 1.54) is 18.1 Å². The minimum Gasteiger partial charge on any atom is -0.504 e. The Bertz CT molecular complexity index is 1180. The summed E-state index contributed by atoms with van der Waals surface area (Å²) in [6, 6.07) is 18.7. The van der Waals surface area contributed by atoms with Gasteiger partial charge in [0.2, 0.25) is 0 Å². The maximum atomic E-state index is 13.5. The van der Waals surface area contributed by atoms with Crippen LogP contribution >= 0.6 is 0 Å². The molecule has 0 bridgehead atoms. The molecule has 0 saturated carbocycles. The first-order valence-electron chi connectivity index (χ1n) is 9.83. The Morgan fingerprint density at radius 2 is 1.65 bits per heavy atom. The molecule has 0 atom stereocenters. The van der Waals surface area contributed by atoms with Crippen LogP contribution in [-0.4, -0.2) is 30.6 Å². The van der Waals surface area contributed by atoms with Crippen molar-refractivity contribution >= 4 is 29.2 Å². The van der Waals surface area contributed by atoms with Crippen LogP contribution in [0.3, 0.4) is 0 Å². The zero-order chi connectivity index (χ0) is 22.0. The Kier molecular flexibility index (Phi) is 5.45. The van der Waals surface area contributed by atoms with Crippen LogP contribution in [0.15, 0.2) is 66.7 Å². The van der Waals surface area contributed by atoms with Gasteiger partial charge in [0.05, 0.1) is 19.4 Å². The molecule has 4 rings (SSSR count). The maximum absolute atomic E-state index is 13.5. The standard InChI is InChI=1S/C25H21NO5/c1-3-31-18-11-9-17(10-12-18)26-24(28)20-7-5-4-6-19(20)21(25(26)29)14-16-8-13-22(27)23(15-16)30-2/h4-15,27H,3H2,1-2H3/b21-14-. The van der Waals surface area contributed by atoms with Gasteiger partial charge in [-0.25, -0.2) is 4.90 Å². The molecule has 0 aromatic heterocycles. The number of benzene rings is 3. The summed E-state index contributed by atoms with van der Waals surface area (Å²) in [6.45, 7) is 2.41. The van der Waals surface area contributed by atoms with Gasteiger partial charge in [-0.05, 0) is 66.6 Å². The number of imide groups is 1. The van der Waals surface area contributed by atoms with Crippen molar-refractivity contribution in [2.45, 2.75) is 6.92 Å². The molecule has 0 saturated heterocycles. The smallest absolute Gasteiger partial charge is 0.265 e. The summed E-state index contributed by atoms with van der Waals surface area (Å²) in [5.74, 6) is 0.150. The second-order valence-electron chi connectivity index (χ2n) is 6.91. The molecular formula is C25H21NO5. The van der Waals surface area contributed by atoms with Gasteiger partial charge < -0.3 is 14.6 Å². The van der Waals surface area contributed by atoms with Gasteiger partial charge >= 0.3 is 0 Å². The molecular weight excluding hydrogens is 394 g/mol. The van der Waals surface area contributed by atoms with Crippen LogP contribution in [-0.2, 0) is 4.79 Å². The number of methoxy groups -OCH3 is 1. The fourth-order valence-electron chi connectivity index (χ4n) is 3.54. The summed E-state index contributed by atoms with van der Waals surface area (Å²) in [5.41, 5.74) is 2.49. The van der Waals surface area contributed by atoms with Gasteiger partial charge in [-0.15, -0.1) is 0 Å². The van der Waals surface area contributed by atoms with Crippen LogP contribution in [0.2, 0.25) is 0 Å². The molecule has 0 spiro atoms. The van der Waals surface area contributed by atoms with Crippen LogP contribution < -0.4 is 14.4 Å². The molecule has 0 unspecified atom stereocenters. The molecule has 0 radical (unpaired) electrons. The first-order chi connectivity index (χ1) is 15.0. The Labute approximate surface area is 180 Å². The molecule has 2 amide bonds. The Morgan fingerprint density at radius 1 is 0.935 bits per heavy atom. The van der Waals surface area contributed by atoms with Crippen molar-refractivity contribution in [1.82, 2.24) is 0 Å². The summed E-state index contributed by atoms with van der Waals surface area (Å²) >= 11 is 0. The third kappa shape index (κ3) is 3.75. The third-order valence-corrected chi connectivity index (χ3v) is 5.00. The van der Waals surface area contributed by atoms with Crippen molar-refractivity contribution in [3.05, 3.63) is 83.4 Å². The largest absolute Gasteiger partial charge is 0.504 e. The number of amides is 2. The molecule has 31 heavy (non-hydrogen) atoms. The van der Waals surface area contributed by atoms with Crippen LogP contribution in [0, 0.1) is 0 Å². The number of nitrogens with zero attached hydrogens (tertiary/aromatic N) is 1. The highest BCUT2D eigenvalue weighted by Crippen LogP contribution is 2.35. The van der Waals surface area contributed by atoms with Crippen molar-refractivity contribution in [3.8, 4) is 17.2 Å². The molecule has 6 heteroatoms. The van der Waals surface area contributed by atoms with Gasteiger partial charge in [0.25, 0.3) is 11.8 Å². The monoisotopic (exact) mass is 415 g/mol. The van der Waals surface area contributed by atoms with E-state index in [9.17, 15) is 14.7 Å². The Morgan fingerprint density at radius 3 is 2.32 bits per heavy atom. The second kappa shape index (κ2) is 8.36. The molecule has 1 aliphatic rings. The predicted octanol–water partition coefficient (Wildman–Crippen LogP) is 4.53. The van der Waals surface area contributed by atoms with E-state index in [0.717, 1.165) is 0 Å². The van der Waals surface area contributed by atoms with Gasteiger partial charge in [-0.2, -0.15) is 0 Å². The molecule has 0 fully saturated rings. The highest BCUT2D eigenvalue weighted by molar-refractivity contribution is 6.43. The van der Waals surface area contributed by atoms with Gasteiger partial charge in [-0.3, -0.25) is 9.59 Å². The average molecular weight is 415 g/mol. The topological polar surface area (TPSA) is 76.1 Å². The van der Waals surface area contributed by atoms with Crippen LogP contribution in [0.25, 0.3) is 11.6 Å². The van der Waals surface area contributed by atoms with Crippen molar-refractivity contribution in [2.24, 2.45) is 0 Å². The predicted molar refractivity (Wildman–Crippen MR) is 118 cm³/mol. The fraction of sp³-hybridized carbons (Fsp3) is 0.120. The minimum atomic E-state index is -0.431. The first-order valence-corrected chi connectivity index (χ1v) is 9.83. The van der Waals surface area contributed by atoms with E-state index < -0.39 is 5.91 Å². The van der Waals surface area contributed by atoms with Gasteiger partial charge in [-0.1, -0.05) is 24.3 Å². The maximum Gasteiger partial charge on any atom is 0.265 e. The van der Waals surface area contributed by atoms with Gasteiger partial charge in [0.1, 0.15) is 5.75 Å². The number of carbonyl (C=O) groups excluding carboxylic acids is 2. The summed E-state index contributed by atoms with van der Waals surface area (Å²) < 4.78 is 10.6. The average Bonchev–Trinajstić information content (AvgIpc) is 2.79. The van der Waals surface area contributed by atoms with Crippen LogP contribution in [0.5, 0.6) is 17.2 Å². The molecule has 1 aliphatic heterocycles. The van der Waals surface area contributed by atoms with E-state index in [1.54, 1.807) is 66.7 Å². The number of ether oxygens (including phenoxy) is 2. The third-order valence-electron chi connectivity index (χ3n) is 5.00. The van der Waals surface area contributed by atoms with Gasteiger partial charge in [0.15, 0.2) is 11.5 Å². The number of hydrogen-bond acceptors (Lipinski definition) is 5. The second-order valence-corrected chi connectivity index (χ2v) is 6.91. The normalized spacial score (nSPS) is 14.5. The van der Waals surface area contributed by atoms with Crippen molar-refractivity contribution in [2.75, 3.05) is 18.6 Å². The van der Waals surface area contributed by atoms with Crippen LogP contribution in [0.4, 0.5) is 5.69 Å². The number of hydrogen-bond donors (Lipinski definition) is 1. The molecule has 0 aliphatic carbocycles. The van der Waals surface area contributed by atoms with Crippen molar-refractivity contribution in [3.63, 3.8) is 0 Å². The highest BCUT2D eigenvalue weighted by atomic mass is 16.5. The molecule has 1 N–H and O–H groups in total. The number of carbonyl (C=O) groups is 2. The fourth-order valence-corrected chi connectivity index (χ4v) is 3.54. The lowest BCUT2D eigenvalue weighted by Gasteiger charge is -2.28. The number of anilines is 1. The zero-order valence-corrected chi connectivity index (χ0v) is 17.2. The lowest BCUT2D eigenvalue weighted by molar-refractivity contribution is -0.112. The van der Waals surface area contributed by atoms with Crippen molar-refractivity contribution in [1.29, 1.82) is 0 Å². The summed E-state index contributed by atoms with van der Waals surface area (Å²) in [4.78, 5) is 27.8. The Hall–Kier alpha value is -4.06. The first kappa shape index (κ1) is 20.2. The van der Waals surface area contributed by atoms with Gasteiger partial charge in [0, 0.05) is 11.1 Å². The zero-order valence-electron chi connectivity index (χ0n) is 17.2. The summed E-state index contributed by atoms with van der Waals surface area (Å²) in [6.07, 6.45) is 1.69. The number of rotatable bonds is 5. The van der Waals surface area contributed by atoms with E-state index in [-0.39, 0.29) is 11.7 Å². The molecule has 6 nitrogen and oxygen atoms in total. The molecule has 1 heterocycles. The highest BCUT2D eigenvalue weighted by Gasteiger charge is 2.35. The van der Waals surface area contributed by atoms with E-state index in [1.807, 2.05) is 6.92 Å². The Balaban J connectivity index is 1.82. The molecule has 156 valence electrons. The number of fused-ring (bicyclic) bond motifs is 1. The minimum absolute atomic E-state index is 0.00575. The number of phenolic OH excluding ortho intramolecular Hbond substituents is 1. The number of aromatic hydroxyl groups is 1. The van der Waals surface area contributed by atoms with Crippen molar-refractivity contribution < 1.29 is 24.2 Å². The lowest BCUT2D eigenvalue weighted by atomic mass is 9.91. The van der Waals surface area contributed by atoms with E-state index in [0.29, 0.717) is 46.1 Å². The lowest BCUT2D eigenvalue weighted by Crippen LogP contribution is -2.41. The van der Waals surface area contributed by atoms with E-state index in [2.05, 4.69) is 0 Å². The number of phenols is 1. The molecule has 3 aromatic carbocycles. The molecule has 3 aromatic rings.